The third-order valence-electron chi connectivity index (χ3n) is 2.26. The Kier molecular flexibility index (Phi) is 2.94. The first-order chi connectivity index (χ1) is 6.83. The number of thioether (sulfide) groups is 1. The fraction of sp³-hybridized carbons (Fsp3) is 0.167. The number of thiophene rings is 1. The highest BCUT2D eigenvalue weighted by Gasteiger charge is 2.07. The van der Waals surface area contributed by atoms with Crippen LogP contribution < -0.4 is 0 Å². The van der Waals surface area contributed by atoms with Gasteiger partial charge in [-0.05, 0) is 29.9 Å². The van der Waals surface area contributed by atoms with E-state index in [2.05, 4.69) is 48.9 Å². The van der Waals surface area contributed by atoms with Gasteiger partial charge in [0.05, 0.1) is 4.21 Å². The van der Waals surface area contributed by atoms with Gasteiger partial charge in [0.1, 0.15) is 0 Å². The summed E-state index contributed by atoms with van der Waals surface area (Å²) in [5.74, 6) is 0. The van der Waals surface area contributed by atoms with Gasteiger partial charge in [-0.1, -0.05) is 30.3 Å². The van der Waals surface area contributed by atoms with Gasteiger partial charge in [0.25, 0.3) is 0 Å². The molecule has 0 amide bonds. The molecule has 0 aliphatic rings. The molecule has 72 valence electrons. The first-order valence-electron chi connectivity index (χ1n) is 4.50. The van der Waals surface area contributed by atoms with Crippen LogP contribution in [0.4, 0.5) is 0 Å². The zero-order valence-corrected chi connectivity index (χ0v) is 9.91. The Bertz CT molecular complexity index is 415. The van der Waals surface area contributed by atoms with Crippen molar-refractivity contribution in [2.45, 2.75) is 11.1 Å². The zero-order valence-electron chi connectivity index (χ0n) is 8.28. The minimum Gasteiger partial charge on any atom is -0.137 e. The minimum atomic E-state index is 1.32. The molecule has 14 heavy (non-hydrogen) atoms. The predicted octanol–water partition coefficient (Wildman–Crippen LogP) is 4.45. The second-order valence-corrected chi connectivity index (χ2v) is 5.09. The summed E-state index contributed by atoms with van der Waals surface area (Å²) in [4.78, 5) is 0. The lowest BCUT2D eigenvalue weighted by molar-refractivity contribution is 1.43. The Morgan fingerprint density at radius 1 is 1.14 bits per heavy atom. The van der Waals surface area contributed by atoms with Gasteiger partial charge in [-0.3, -0.25) is 0 Å². The summed E-state index contributed by atoms with van der Waals surface area (Å²) in [6.07, 6.45) is 2.13. The van der Waals surface area contributed by atoms with E-state index in [-0.39, 0.29) is 0 Å². The molecule has 0 nitrogen and oxygen atoms in total. The molecule has 2 heteroatoms. The standard InChI is InChI=1S/C12H12S2/c1-9-11(8-14-12(9)13-2)10-6-4-3-5-7-10/h3-8H,1-2H3. The van der Waals surface area contributed by atoms with Crippen LogP contribution in [0.3, 0.4) is 0 Å². The van der Waals surface area contributed by atoms with Crippen LogP contribution in [0.5, 0.6) is 0 Å². The maximum absolute atomic E-state index is 2.25. The summed E-state index contributed by atoms with van der Waals surface area (Å²) in [5.41, 5.74) is 4.11. The van der Waals surface area contributed by atoms with Gasteiger partial charge >= 0.3 is 0 Å². The normalized spacial score (nSPS) is 10.4. The van der Waals surface area contributed by atoms with E-state index in [1.807, 2.05) is 23.1 Å². The average molecular weight is 220 g/mol. The first-order valence-corrected chi connectivity index (χ1v) is 6.61. The molecule has 1 aromatic carbocycles. The van der Waals surface area contributed by atoms with Gasteiger partial charge in [0.15, 0.2) is 0 Å². The van der Waals surface area contributed by atoms with Crippen LogP contribution in [0.2, 0.25) is 0 Å². The molecule has 0 aliphatic heterocycles. The van der Waals surface area contributed by atoms with Crippen molar-refractivity contribution < 1.29 is 0 Å². The van der Waals surface area contributed by atoms with Gasteiger partial charge in [-0.25, -0.2) is 0 Å². The number of hydrogen-bond acceptors (Lipinski definition) is 2. The molecule has 1 aromatic heterocycles. The van der Waals surface area contributed by atoms with Gasteiger partial charge < -0.3 is 0 Å². The van der Waals surface area contributed by atoms with E-state index in [0.29, 0.717) is 0 Å². The van der Waals surface area contributed by atoms with Crippen molar-refractivity contribution in [3.8, 4) is 11.1 Å². The van der Waals surface area contributed by atoms with Crippen LogP contribution in [0.1, 0.15) is 5.56 Å². The summed E-state index contributed by atoms with van der Waals surface area (Å²) in [6, 6.07) is 10.6. The highest BCUT2D eigenvalue weighted by Crippen LogP contribution is 2.35. The molecule has 2 aromatic rings. The second kappa shape index (κ2) is 4.20. The summed E-state index contributed by atoms with van der Waals surface area (Å²) < 4.78 is 1.42. The zero-order chi connectivity index (χ0) is 9.97. The first kappa shape index (κ1) is 9.81. The van der Waals surface area contributed by atoms with Crippen molar-refractivity contribution in [3.05, 3.63) is 41.3 Å². The third kappa shape index (κ3) is 1.72. The van der Waals surface area contributed by atoms with Crippen molar-refractivity contribution in [1.82, 2.24) is 0 Å². The summed E-state index contributed by atoms with van der Waals surface area (Å²) in [6.45, 7) is 2.20. The molecule has 0 aliphatic carbocycles. The summed E-state index contributed by atoms with van der Waals surface area (Å²) in [7, 11) is 0. The van der Waals surface area contributed by atoms with Crippen molar-refractivity contribution in [2.75, 3.05) is 6.26 Å². The summed E-state index contributed by atoms with van der Waals surface area (Å²) in [5, 5.41) is 2.25. The molecule has 0 spiro atoms. The van der Waals surface area contributed by atoms with Crippen LogP contribution in [-0.2, 0) is 0 Å². The van der Waals surface area contributed by atoms with E-state index >= 15 is 0 Å². The molecule has 0 atom stereocenters. The van der Waals surface area contributed by atoms with E-state index in [1.165, 1.54) is 20.9 Å². The Hall–Kier alpha value is -0.730. The highest BCUT2D eigenvalue weighted by molar-refractivity contribution is 8.00. The van der Waals surface area contributed by atoms with Crippen LogP contribution >= 0.6 is 23.1 Å². The van der Waals surface area contributed by atoms with Crippen LogP contribution in [0, 0.1) is 6.92 Å². The molecule has 0 saturated heterocycles. The summed E-state index contributed by atoms with van der Waals surface area (Å²) >= 11 is 3.66. The van der Waals surface area contributed by atoms with Gasteiger partial charge in [0.2, 0.25) is 0 Å². The van der Waals surface area contributed by atoms with E-state index < -0.39 is 0 Å². The van der Waals surface area contributed by atoms with Crippen molar-refractivity contribution in [1.29, 1.82) is 0 Å². The molecule has 0 bridgehead atoms. The maximum Gasteiger partial charge on any atom is 0.0631 e. The van der Waals surface area contributed by atoms with Crippen LogP contribution in [-0.4, -0.2) is 6.26 Å². The highest BCUT2D eigenvalue weighted by atomic mass is 32.2. The second-order valence-electron chi connectivity index (χ2n) is 3.13. The fourth-order valence-corrected chi connectivity index (χ4v) is 3.27. The van der Waals surface area contributed by atoms with Gasteiger partial charge in [-0.2, -0.15) is 0 Å². The maximum atomic E-state index is 2.25. The number of hydrogen-bond donors (Lipinski definition) is 0. The molecular formula is C12H12S2. The van der Waals surface area contributed by atoms with E-state index in [9.17, 15) is 0 Å². The van der Waals surface area contributed by atoms with E-state index in [0.717, 1.165) is 0 Å². The fourth-order valence-electron chi connectivity index (χ4n) is 1.50. The molecule has 0 unspecified atom stereocenters. The SMILES string of the molecule is CSc1scc(-c2ccccc2)c1C. The monoisotopic (exact) mass is 220 g/mol. The van der Waals surface area contributed by atoms with Crippen LogP contribution in [0.25, 0.3) is 11.1 Å². The average Bonchev–Trinajstić information content (AvgIpc) is 2.61. The van der Waals surface area contributed by atoms with Gasteiger partial charge in [-0.15, -0.1) is 23.1 Å². The van der Waals surface area contributed by atoms with E-state index in [4.69, 9.17) is 0 Å². The van der Waals surface area contributed by atoms with Crippen molar-refractivity contribution >= 4 is 23.1 Å². The Balaban J connectivity index is 2.48. The smallest absolute Gasteiger partial charge is 0.0631 e. The van der Waals surface area contributed by atoms with Gasteiger partial charge in [0, 0.05) is 5.38 Å². The van der Waals surface area contributed by atoms with Crippen molar-refractivity contribution in [2.24, 2.45) is 0 Å². The molecule has 0 saturated carbocycles. The third-order valence-corrected chi connectivity index (χ3v) is 4.60. The lowest BCUT2D eigenvalue weighted by Crippen LogP contribution is -1.77. The molecule has 0 fully saturated rings. The topological polar surface area (TPSA) is 0 Å². The Morgan fingerprint density at radius 2 is 1.86 bits per heavy atom. The number of benzene rings is 1. The lowest BCUT2D eigenvalue weighted by Gasteiger charge is -2.00. The Morgan fingerprint density at radius 3 is 2.43 bits per heavy atom. The van der Waals surface area contributed by atoms with Crippen molar-refractivity contribution in [3.63, 3.8) is 0 Å². The lowest BCUT2D eigenvalue weighted by atomic mass is 10.1. The molecule has 1 heterocycles. The molecule has 0 N–H and O–H groups in total. The Labute approximate surface area is 93.0 Å². The minimum absolute atomic E-state index is 1.32. The largest absolute Gasteiger partial charge is 0.137 e. The quantitative estimate of drug-likeness (QED) is 0.674. The molecule has 2 rings (SSSR count). The predicted molar refractivity (Wildman–Crippen MR) is 66.3 cm³/mol. The molecular weight excluding hydrogens is 208 g/mol. The van der Waals surface area contributed by atoms with Crippen LogP contribution in [0.15, 0.2) is 39.9 Å². The number of rotatable bonds is 2. The van der Waals surface area contributed by atoms with E-state index in [1.54, 1.807) is 0 Å². The molecule has 0 radical (unpaired) electrons.